The van der Waals surface area contributed by atoms with Gasteiger partial charge in [0.1, 0.15) is 11.4 Å². The molecule has 0 bridgehead atoms. The van der Waals surface area contributed by atoms with E-state index in [1.165, 1.54) is 0 Å². The Morgan fingerprint density at radius 2 is 2.00 bits per heavy atom. The smallest absolute Gasteiger partial charge is 0.410 e. The topological polar surface area (TPSA) is 61.8 Å². The van der Waals surface area contributed by atoms with Crippen LogP contribution in [0.25, 0.3) is 0 Å². The molecule has 1 aromatic carbocycles. The number of aromatic hydroxyl groups is 1. The number of hydrogen-bond donors (Lipinski definition) is 2. The fraction of sp³-hybridized carbons (Fsp3) is 0.611. The predicted octanol–water partition coefficient (Wildman–Crippen LogP) is 3.76. The van der Waals surface area contributed by atoms with Gasteiger partial charge in [0.25, 0.3) is 0 Å². The molecule has 1 aliphatic heterocycles. The number of amides is 1. The van der Waals surface area contributed by atoms with Gasteiger partial charge in [-0.3, -0.25) is 0 Å². The number of carbonyl (C=O) groups is 1. The molecule has 1 aromatic rings. The highest BCUT2D eigenvalue weighted by molar-refractivity contribution is 5.68. The first-order valence-corrected chi connectivity index (χ1v) is 8.26. The molecule has 1 saturated heterocycles. The number of nitrogens with one attached hydrogen (secondary N) is 1. The average molecular weight is 320 g/mol. The van der Waals surface area contributed by atoms with Crippen molar-refractivity contribution in [2.75, 3.05) is 25.0 Å². The second-order valence-corrected chi connectivity index (χ2v) is 7.29. The quantitative estimate of drug-likeness (QED) is 0.833. The monoisotopic (exact) mass is 320 g/mol. The fourth-order valence-electron chi connectivity index (χ4n) is 2.67. The van der Waals surface area contributed by atoms with Crippen LogP contribution in [-0.4, -0.2) is 41.3 Å². The summed E-state index contributed by atoms with van der Waals surface area (Å²) in [5.41, 5.74) is 1.45. The zero-order chi connectivity index (χ0) is 17.0. The third kappa shape index (κ3) is 5.34. The maximum atomic E-state index is 12.0. The number of likely N-dealkylation sites (tertiary alicyclic amines) is 1. The molecular formula is C18H28N2O3. The molecule has 5 heteroatoms. The maximum Gasteiger partial charge on any atom is 0.410 e. The highest BCUT2D eigenvalue weighted by Gasteiger charge is 2.26. The van der Waals surface area contributed by atoms with Crippen molar-refractivity contribution in [2.45, 2.75) is 46.1 Å². The van der Waals surface area contributed by atoms with E-state index in [1.54, 1.807) is 11.0 Å². The van der Waals surface area contributed by atoms with Crippen molar-refractivity contribution in [3.63, 3.8) is 0 Å². The highest BCUT2D eigenvalue weighted by Crippen LogP contribution is 2.23. The first-order valence-electron chi connectivity index (χ1n) is 8.26. The summed E-state index contributed by atoms with van der Waals surface area (Å²) in [7, 11) is 0. The summed E-state index contributed by atoms with van der Waals surface area (Å²) in [5.74, 6) is 0.865. The van der Waals surface area contributed by atoms with E-state index >= 15 is 0 Å². The third-order valence-corrected chi connectivity index (χ3v) is 4.06. The molecule has 1 aliphatic rings. The summed E-state index contributed by atoms with van der Waals surface area (Å²) >= 11 is 0. The SMILES string of the molecule is Cc1cc(NCC2CCN(C(=O)OC(C)(C)C)CC2)ccc1O. The zero-order valence-electron chi connectivity index (χ0n) is 14.6. The molecule has 0 aliphatic carbocycles. The number of phenolic OH excluding ortho intramolecular Hbond substituents is 1. The zero-order valence-corrected chi connectivity index (χ0v) is 14.6. The molecule has 1 amide bonds. The Morgan fingerprint density at radius 1 is 1.35 bits per heavy atom. The number of anilines is 1. The molecule has 0 unspecified atom stereocenters. The van der Waals surface area contributed by atoms with Gasteiger partial charge in [-0.15, -0.1) is 0 Å². The highest BCUT2D eigenvalue weighted by atomic mass is 16.6. The number of rotatable bonds is 3. The molecule has 5 nitrogen and oxygen atoms in total. The lowest BCUT2D eigenvalue weighted by molar-refractivity contribution is 0.0188. The van der Waals surface area contributed by atoms with Crippen LogP contribution in [0.2, 0.25) is 0 Å². The lowest BCUT2D eigenvalue weighted by atomic mass is 9.97. The average Bonchev–Trinajstić information content (AvgIpc) is 2.47. The van der Waals surface area contributed by atoms with Gasteiger partial charge in [0.15, 0.2) is 0 Å². The van der Waals surface area contributed by atoms with Crippen LogP contribution < -0.4 is 5.32 Å². The fourth-order valence-corrected chi connectivity index (χ4v) is 2.67. The number of aryl methyl sites for hydroxylation is 1. The summed E-state index contributed by atoms with van der Waals surface area (Å²) < 4.78 is 5.41. The summed E-state index contributed by atoms with van der Waals surface area (Å²) in [5, 5.41) is 13.0. The van der Waals surface area contributed by atoms with Crippen molar-refractivity contribution >= 4 is 11.8 Å². The van der Waals surface area contributed by atoms with Gasteiger partial charge in [0, 0.05) is 25.3 Å². The molecule has 1 heterocycles. The predicted molar refractivity (Wildman–Crippen MR) is 91.9 cm³/mol. The molecular weight excluding hydrogens is 292 g/mol. The first kappa shape index (κ1) is 17.4. The van der Waals surface area contributed by atoms with Crippen LogP contribution in [0.3, 0.4) is 0 Å². The van der Waals surface area contributed by atoms with Crippen LogP contribution in [0.15, 0.2) is 18.2 Å². The lowest BCUT2D eigenvalue weighted by Gasteiger charge is -2.33. The van der Waals surface area contributed by atoms with Gasteiger partial charge in [-0.25, -0.2) is 4.79 Å². The van der Waals surface area contributed by atoms with Gasteiger partial charge in [0.2, 0.25) is 0 Å². The number of carbonyl (C=O) groups excluding carboxylic acids is 1. The minimum Gasteiger partial charge on any atom is -0.508 e. The molecule has 0 aromatic heterocycles. The maximum absolute atomic E-state index is 12.0. The van der Waals surface area contributed by atoms with E-state index in [0.29, 0.717) is 11.7 Å². The van der Waals surface area contributed by atoms with E-state index in [1.807, 2.05) is 39.8 Å². The molecule has 0 spiro atoms. The Hall–Kier alpha value is -1.91. The lowest BCUT2D eigenvalue weighted by Crippen LogP contribution is -2.42. The molecule has 0 atom stereocenters. The van der Waals surface area contributed by atoms with Crippen LogP contribution in [0, 0.1) is 12.8 Å². The Bertz CT molecular complexity index is 544. The van der Waals surface area contributed by atoms with Crippen LogP contribution in [0.4, 0.5) is 10.5 Å². The Kier molecular flexibility index (Phi) is 5.39. The number of benzene rings is 1. The number of piperidine rings is 1. The normalized spacial score (nSPS) is 16.3. The van der Waals surface area contributed by atoms with Crippen molar-refractivity contribution in [1.29, 1.82) is 0 Å². The molecule has 0 saturated carbocycles. The molecule has 128 valence electrons. The molecule has 0 radical (unpaired) electrons. The van der Waals surface area contributed by atoms with Crippen molar-refractivity contribution in [3.8, 4) is 5.75 Å². The van der Waals surface area contributed by atoms with E-state index < -0.39 is 5.60 Å². The van der Waals surface area contributed by atoms with E-state index in [2.05, 4.69) is 5.32 Å². The van der Waals surface area contributed by atoms with E-state index in [-0.39, 0.29) is 6.09 Å². The number of hydrogen-bond acceptors (Lipinski definition) is 4. The first-order chi connectivity index (χ1) is 10.7. The largest absolute Gasteiger partial charge is 0.508 e. The summed E-state index contributed by atoms with van der Waals surface area (Å²) in [6.07, 6.45) is 1.74. The number of ether oxygens (including phenoxy) is 1. The number of phenols is 1. The van der Waals surface area contributed by atoms with Crippen molar-refractivity contribution in [3.05, 3.63) is 23.8 Å². The van der Waals surface area contributed by atoms with Gasteiger partial charge in [0.05, 0.1) is 0 Å². The van der Waals surface area contributed by atoms with Crippen LogP contribution in [0.1, 0.15) is 39.2 Å². The van der Waals surface area contributed by atoms with Crippen molar-refractivity contribution < 1.29 is 14.6 Å². The van der Waals surface area contributed by atoms with Crippen LogP contribution in [0.5, 0.6) is 5.75 Å². The second kappa shape index (κ2) is 7.11. The van der Waals surface area contributed by atoms with E-state index in [4.69, 9.17) is 4.74 Å². The minimum absolute atomic E-state index is 0.210. The Labute approximate surface area is 138 Å². The van der Waals surface area contributed by atoms with Crippen LogP contribution in [-0.2, 0) is 4.74 Å². The van der Waals surface area contributed by atoms with Crippen molar-refractivity contribution in [2.24, 2.45) is 5.92 Å². The van der Waals surface area contributed by atoms with E-state index in [9.17, 15) is 9.90 Å². The standard InChI is InChI=1S/C18H28N2O3/c1-13-11-15(5-6-16(13)21)19-12-14-7-9-20(10-8-14)17(22)23-18(2,3)4/h5-6,11,14,19,21H,7-10,12H2,1-4H3. The molecule has 23 heavy (non-hydrogen) atoms. The molecule has 2 rings (SSSR count). The minimum atomic E-state index is -0.438. The van der Waals surface area contributed by atoms with Gasteiger partial charge in [-0.05, 0) is 70.2 Å². The third-order valence-electron chi connectivity index (χ3n) is 4.06. The molecule has 2 N–H and O–H groups in total. The molecule has 1 fully saturated rings. The van der Waals surface area contributed by atoms with Gasteiger partial charge in [-0.1, -0.05) is 0 Å². The van der Waals surface area contributed by atoms with Gasteiger partial charge < -0.3 is 20.1 Å². The summed E-state index contributed by atoms with van der Waals surface area (Å²) in [4.78, 5) is 13.8. The Morgan fingerprint density at radius 3 is 2.57 bits per heavy atom. The summed E-state index contributed by atoms with van der Waals surface area (Å²) in [6, 6.07) is 5.55. The van der Waals surface area contributed by atoms with Gasteiger partial charge in [-0.2, -0.15) is 0 Å². The number of nitrogens with zero attached hydrogens (tertiary/aromatic N) is 1. The van der Waals surface area contributed by atoms with Gasteiger partial charge >= 0.3 is 6.09 Å². The van der Waals surface area contributed by atoms with E-state index in [0.717, 1.165) is 43.7 Å². The summed E-state index contributed by atoms with van der Waals surface area (Å²) in [6.45, 7) is 9.93. The van der Waals surface area contributed by atoms with Crippen molar-refractivity contribution in [1.82, 2.24) is 4.90 Å². The van der Waals surface area contributed by atoms with Crippen LogP contribution >= 0.6 is 0 Å². The second-order valence-electron chi connectivity index (χ2n) is 7.29. The Balaban J connectivity index is 1.76.